The van der Waals surface area contributed by atoms with Crippen molar-refractivity contribution in [2.24, 2.45) is 0 Å². The van der Waals surface area contributed by atoms with Crippen molar-refractivity contribution in [2.45, 2.75) is 0 Å². The highest BCUT2D eigenvalue weighted by Crippen LogP contribution is 2.11. The highest BCUT2D eigenvalue weighted by Gasteiger charge is 2.18. The number of primary amides is 2. The van der Waals surface area contributed by atoms with Crippen LogP contribution < -0.4 is 14.8 Å². The van der Waals surface area contributed by atoms with Crippen LogP contribution in [0.3, 0.4) is 0 Å². The van der Waals surface area contributed by atoms with Gasteiger partial charge in [-0.15, -0.1) is 0 Å². The van der Waals surface area contributed by atoms with E-state index >= 15 is 0 Å². The molecule has 0 fully saturated rings. The fourth-order valence-corrected chi connectivity index (χ4v) is 1.80. The Morgan fingerprint density at radius 3 is 1.32 bits per heavy atom. The third kappa shape index (κ3) is 4.15. The number of hydrogen-bond donors (Lipinski definition) is 1. The summed E-state index contributed by atoms with van der Waals surface area (Å²) in [6, 6.07) is 13.2. The first kappa shape index (κ1) is 17.4. The second-order valence-corrected chi connectivity index (χ2v) is 4.33. The molecule has 0 heterocycles. The Bertz CT molecular complexity index is 577. The number of carbonyl (C=O) groups is 2. The highest BCUT2D eigenvalue weighted by atomic mass is 16.5. The minimum absolute atomic E-state index is 0. The van der Waals surface area contributed by atoms with Gasteiger partial charge >= 0.3 is 11.8 Å². The van der Waals surface area contributed by atoms with E-state index in [1.54, 1.807) is 62.8 Å². The number of methoxy groups -OCH3 is 2. The van der Waals surface area contributed by atoms with E-state index in [2.05, 4.69) is 0 Å². The van der Waals surface area contributed by atoms with Gasteiger partial charge in [0.2, 0.25) is 0 Å². The normalized spacial score (nSPS) is 9.55. The number of ether oxygens (including phenoxy) is 2. The lowest BCUT2D eigenvalue weighted by atomic mass is 10.1. The molecule has 2 aromatic carbocycles. The Balaban J connectivity index is 0.00000242. The molecule has 0 atom stereocenters. The van der Waals surface area contributed by atoms with Gasteiger partial charge in [0.1, 0.15) is 11.5 Å². The molecule has 2 aromatic rings. The Labute approximate surface area is 128 Å². The van der Waals surface area contributed by atoms with Crippen LogP contribution in [0.4, 0.5) is 0 Å². The number of nitrogens with two attached hydrogens (primary N) is 1. The Kier molecular flexibility index (Phi) is 6.25. The summed E-state index contributed by atoms with van der Waals surface area (Å²) in [6.45, 7) is 0. The van der Waals surface area contributed by atoms with Crippen LogP contribution >= 0.6 is 0 Å². The zero-order valence-electron chi connectivity index (χ0n) is 12.3. The van der Waals surface area contributed by atoms with E-state index in [-0.39, 0.29) is 17.3 Å². The Morgan fingerprint density at radius 1 is 0.727 bits per heavy atom. The maximum absolute atomic E-state index is 12.0. The van der Waals surface area contributed by atoms with Crippen molar-refractivity contribution in [3.8, 4) is 11.5 Å². The van der Waals surface area contributed by atoms with E-state index in [0.717, 1.165) is 5.32 Å². The predicted molar refractivity (Wildman–Crippen MR) is 78.5 cm³/mol. The Morgan fingerprint density at radius 2 is 1.05 bits per heavy atom. The molecule has 2 amide bonds. The van der Waals surface area contributed by atoms with E-state index in [0.29, 0.717) is 22.6 Å². The van der Waals surface area contributed by atoms with E-state index in [4.69, 9.17) is 9.47 Å². The summed E-state index contributed by atoms with van der Waals surface area (Å²) in [5.74, 6) is 0.651. The molecule has 0 aromatic heterocycles. The van der Waals surface area contributed by atoms with Gasteiger partial charge in [-0.05, 0) is 48.5 Å². The highest BCUT2D eigenvalue weighted by molar-refractivity contribution is 5.97. The molecule has 0 radical (unpaired) electrons. The molecular formula is C16H17NO5. The Hall–Kier alpha value is -2.70. The monoisotopic (exact) mass is 303 g/mol. The molecule has 22 heavy (non-hydrogen) atoms. The van der Waals surface area contributed by atoms with Gasteiger partial charge in [0.15, 0.2) is 0 Å². The number of hydrogen-bond acceptors (Lipinski definition) is 5. The van der Waals surface area contributed by atoms with Gasteiger partial charge in [-0.1, -0.05) is 0 Å². The summed E-state index contributed by atoms with van der Waals surface area (Å²) >= 11 is 0. The van der Waals surface area contributed by atoms with Crippen molar-refractivity contribution in [3.63, 3.8) is 0 Å². The zero-order valence-corrected chi connectivity index (χ0v) is 12.3. The van der Waals surface area contributed by atoms with Crippen molar-refractivity contribution in [3.05, 3.63) is 59.7 Å². The molecular weight excluding hydrogens is 286 g/mol. The first-order valence-electron chi connectivity index (χ1n) is 6.35. The third-order valence-corrected chi connectivity index (χ3v) is 3.01. The summed E-state index contributed by atoms with van der Waals surface area (Å²) in [5, 5.41) is 1.09. The van der Waals surface area contributed by atoms with Crippen LogP contribution in [0.1, 0.15) is 20.7 Å². The average Bonchev–Trinajstić information content (AvgIpc) is 2.55. The lowest BCUT2D eigenvalue weighted by Crippen LogP contribution is -2.91. The van der Waals surface area contributed by atoms with Crippen LogP contribution in [-0.2, 0) is 0 Å². The second kappa shape index (κ2) is 7.92. The standard InChI is InChI=1S/C16H15NO4.H2O/c1-20-13-7-3-11(4-8-13)15(18)17-16(19)12-5-9-14(21-2)10-6-12;/h3-10H,1-2H3,(H,17,18,19);1H2. The van der Waals surface area contributed by atoms with E-state index in [1.807, 2.05) is 0 Å². The smallest absolute Gasteiger partial charge is 0.350 e. The molecule has 0 saturated heterocycles. The van der Waals surface area contributed by atoms with Crippen LogP contribution in [0.25, 0.3) is 0 Å². The van der Waals surface area contributed by atoms with E-state index in [9.17, 15) is 9.59 Å². The van der Waals surface area contributed by atoms with Crippen LogP contribution in [-0.4, -0.2) is 31.5 Å². The number of quaternary nitrogens is 1. The molecule has 0 aliphatic heterocycles. The third-order valence-electron chi connectivity index (χ3n) is 3.01. The topological polar surface area (TPSA) is 99.2 Å². The zero-order chi connectivity index (χ0) is 15.2. The largest absolute Gasteiger partial charge is 0.870 e. The van der Waals surface area contributed by atoms with Gasteiger partial charge in [-0.2, -0.15) is 0 Å². The molecule has 116 valence electrons. The lowest BCUT2D eigenvalue weighted by Gasteiger charge is -2.02. The minimum atomic E-state index is -0.335. The van der Waals surface area contributed by atoms with Crippen molar-refractivity contribution in [2.75, 3.05) is 14.2 Å². The first-order valence-corrected chi connectivity index (χ1v) is 6.35. The summed E-state index contributed by atoms with van der Waals surface area (Å²) in [6.07, 6.45) is 0. The molecule has 0 aliphatic rings. The summed E-state index contributed by atoms with van der Waals surface area (Å²) in [4.78, 5) is 24.0. The number of benzene rings is 2. The molecule has 0 bridgehead atoms. The predicted octanol–water partition coefficient (Wildman–Crippen LogP) is 1.07. The van der Waals surface area contributed by atoms with Gasteiger partial charge in [-0.3, -0.25) is 0 Å². The molecule has 3 N–H and O–H groups in total. The molecule has 6 nitrogen and oxygen atoms in total. The van der Waals surface area contributed by atoms with Crippen molar-refractivity contribution in [1.29, 1.82) is 0 Å². The molecule has 0 aliphatic carbocycles. The average molecular weight is 303 g/mol. The van der Waals surface area contributed by atoms with E-state index < -0.39 is 0 Å². The van der Waals surface area contributed by atoms with Gasteiger partial charge in [0.25, 0.3) is 0 Å². The fraction of sp³-hybridized carbons (Fsp3) is 0.125. The van der Waals surface area contributed by atoms with Crippen molar-refractivity contribution in [1.82, 2.24) is 0 Å². The van der Waals surface area contributed by atoms with Crippen LogP contribution in [0.2, 0.25) is 0 Å². The van der Waals surface area contributed by atoms with Crippen LogP contribution in [0.5, 0.6) is 11.5 Å². The molecule has 0 spiro atoms. The van der Waals surface area contributed by atoms with Gasteiger partial charge in [-0.25, -0.2) is 14.9 Å². The molecule has 6 heteroatoms. The van der Waals surface area contributed by atoms with Crippen molar-refractivity contribution >= 4 is 11.8 Å². The second-order valence-electron chi connectivity index (χ2n) is 4.33. The van der Waals surface area contributed by atoms with Crippen LogP contribution in [0, 0.1) is 0 Å². The number of amides is 2. The van der Waals surface area contributed by atoms with Gasteiger partial charge in [0.05, 0.1) is 25.3 Å². The number of rotatable bonds is 4. The number of imide groups is 1. The van der Waals surface area contributed by atoms with Gasteiger partial charge < -0.3 is 14.9 Å². The van der Waals surface area contributed by atoms with Gasteiger partial charge in [0, 0.05) is 0 Å². The fourth-order valence-electron chi connectivity index (χ4n) is 1.80. The lowest BCUT2D eigenvalue weighted by molar-refractivity contribution is -0.450. The summed E-state index contributed by atoms with van der Waals surface area (Å²) in [5.41, 5.74) is 0.885. The molecule has 0 saturated carbocycles. The summed E-state index contributed by atoms with van der Waals surface area (Å²) in [7, 11) is 3.10. The summed E-state index contributed by atoms with van der Waals surface area (Å²) < 4.78 is 10.0. The van der Waals surface area contributed by atoms with Crippen LogP contribution in [0.15, 0.2) is 48.5 Å². The van der Waals surface area contributed by atoms with Crippen molar-refractivity contribution < 1.29 is 29.9 Å². The van der Waals surface area contributed by atoms with E-state index in [1.165, 1.54) is 0 Å². The maximum Gasteiger partial charge on any atom is 0.350 e. The number of carbonyl (C=O) groups excluding carboxylic acids is 2. The first-order chi connectivity index (χ1) is 10.1. The molecule has 2 rings (SSSR count). The SMILES string of the molecule is COc1ccc(C(=O)[NH2+]C(=O)c2ccc(OC)cc2)cc1.[OH-]. The molecule has 0 unspecified atom stereocenters. The quantitative estimate of drug-likeness (QED) is 0.852. The maximum atomic E-state index is 12.0. The minimum Gasteiger partial charge on any atom is -0.870 e.